The van der Waals surface area contributed by atoms with Crippen LogP contribution >= 0.6 is 0 Å². The molecule has 1 amide bonds. The third-order valence-corrected chi connectivity index (χ3v) is 4.19. The van der Waals surface area contributed by atoms with Gasteiger partial charge in [-0.15, -0.1) is 0 Å². The zero-order valence-electron chi connectivity index (χ0n) is 13.4. The first kappa shape index (κ1) is 15.3. The Balaban J connectivity index is 1.97. The Labute approximate surface area is 134 Å². The van der Waals surface area contributed by atoms with E-state index in [-0.39, 0.29) is 11.7 Å². The van der Waals surface area contributed by atoms with Gasteiger partial charge < -0.3 is 10.3 Å². The Morgan fingerprint density at radius 2 is 1.74 bits per heavy atom. The maximum Gasteiger partial charge on any atom is 0.234 e. The number of para-hydroxylation sites is 1. The molecule has 2 aromatic carbocycles. The van der Waals surface area contributed by atoms with Gasteiger partial charge in [-0.2, -0.15) is 0 Å². The Kier molecular flexibility index (Phi) is 3.68. The van der Waals surface area contributed by atoms with Crippen LogP contribution in [0.5, 0.6) is 0 Å². The van der Waals surface area contributed by atoms with Crippen LogP contribution in [0.2, 0.25) is 0 Å². The lowest BCUT2D eigenvalue weighted by molar-refractivity contribution is -0.120. The fourth-order valence-electron chi connectivity index (χ4n) is 3.02. The number of amides is 1. The summed E-state index contributed by atoms with van der Waals surface area (Å²) >= 11 is 0. The number of aromatic nitrogens is 1. The molecule has 1 heterocycles. The molecule has 0 spiro atoms. The molecular weight excluding hydrogens is 291 g/mol. The van der Waals surface area contributed by atoms with Gasteiger partial charge in [0.2, 0.25) is 5.91 Å². The topological polar surface area (TPSA) is 44.9 Å². The van der Waals surface area contributed by atoms with Gasteiger partial charge in [0.1, 0.15) is 5.82 Å². The SMILES string of the molecule is Cc1[nH]c2ccccc2c1C(C)(C)C(=O)Nc1ccc(F)cc1. The Morgan fingerprint density at radius 3 is 2.43 bits per heavy atom. The molecule has 23 heavy (non-hydrogen) atoms. The molecule has 0 aliphatic heterocycles. The number of anilines is 1. The van der Waals surface area contributed by atoms with Gasteiger partial charge in [-0.05, 0) is 56.7 Å². The number of aryl methyl sites for hydroxylation is 1. The highest BCUT2D eigenvalue weighted by Crippen LogP contribution is 2.34. The molecule has 0 atom stereocenters. The lowest BCUT2D eigenvalue weighted by atomic mass is 9.81. The third-order valence-electron chi connectivity index (χ3n) is 4.19. The number of carbonyl (C=O) groups excluding carboxylic acids is 1. The highest BCUT2D eigenvalue weighted by atomic mass is 19.1. The van der Waals surface area contributed by atoms with Crippen LogP contribution in [0, 0.1) is 12.7 Å². The summed E-state index contributed by atoms with van der Waals surface area (Å²) in [5.41, 5.74) is 2.83. The highest BCUT2D eigenvalue weighted by Gasteiger charge is 2.34. The second-order valence-corrected chi connectivity index (χ2v) is 6.26. The molecule has 3 rings (SSSR count). The van der Waals surface area contributed by atoms with E-state index >= 15 is 0 Å². The molecule has 118 valence electrons. The quantitative estimate of drug-likeness (QED) is 0.733. The first-order valence-corrected chi connectivity index (χ1v) is 7.54. The molecule has 0 radical (unpaired) electrons. The predicted molar refractivity (Wildman–Crippen MR) is 91.1 cm³/mol. The Bertz CT molecular complexity index is 863. The van der Waals surface area contributed by atoms with Crippen LogP contribution in [-0.4, -0.2) is 10.9 Å². The first-order chi connectivity index (χ1) is 10.9. The van der Waals surface area contributed by atoms with Crippen LogP contribution in [-0.2, 0) is 10.2 Å². The third kappa shape index (κ3) is 2.72. The van der Waals surface area contributed by atoms with Gasteiger partial charge in [-0.3, -0.25) is 4.79 Å². The number of hydrogen-bond donors (Lipinski definition) is 2. The fourth-order valence-corrected chi connectivity index (χ4v) is 3.02. The van der Waals surface area contributed by atoms with Gasteiger partial charge in [0.05, 0.1) is 5.41 Å². The maximum absolute atomic E-state index is 13.0. The molecule has 1 aromatic heterocycles. The average Bonchev–Trinajstić information content (AvgIpc) is 2.85. The number of aromatic amines is 1. The Hall–Kier alpha value is -2.62. The zero-order valence-corrected chi connectivity index (χ0v) is 13.4. The number of nitrogens with one attached hydrogen (secondary N) is 2. The van der Waals surface area contributed by atoms with Crippen LogP contribution in [0.25, 0.3) is 10.9 Å². The van der Waals surface area contributed by atoms with E-state index in [4.69, 9.17) is 0 Å². The summed E-state index contributed by atoms with van der Waals surface area (Å²) in [5.74, 6) is -0.452. The summed E-state index contributed by atoms with van der Waals surface area (Å²) in [7, 11) is 0. The van der Waals surface area contributed by atoms with Crippen molar-refractivity contribution in [1.82, 2.24) is 4.98 Å². The van der Waals surface area contributed by atoms with E-state index in [1.807, 2.05) is 45.0 Å². The molecule has 0 saturated carbocycles. The van der Waals surface area contributed by atoms with Crippen molar-refractivity contribution in [3.8, 4) is 0 Å². The van der Waals surface area contributed by atoms with Crippen molar-refractivity contribution in [2.75, 3.05) is 5.32 Å². The minimum atomic E-state index is -0.724. The summed E-state index contributed by atoms with van der Waals surface area (Å²) in [4.78, 5) is 16.1. The molecule has 0 fully saturated rings. The Morgan fingerprint density at radius 1 is 1.09 bits per heavy atom. The number of benzene rings is 2. The molecular formula is C19H19FN2O. The molecule has 3 aromatic rings. The van der Waals surface area contributed by atoms with Crippen LogP contribution in [0.15, 0.2) is 48.5 Å². The van der Waals surface area contributed by atoms with E-state index in [2.05, 4.69) is 10.3 Å². The summed E-state index contributed by atoms with van der Waals surface area (Å²) in [5, 5.41) is 3.92. The standard InChI is InChI=1S/C19H19FN2O/c1-12-17(15-6-4-5-7-16(15)21-12)19(2,3)18(23)22-14-10-8-13(20)9-11-14/h4-11,21H,1-3H3,(H,22,23). The minimum absolute atomic E-state index is 0.128. The van der Waals surface area contributed by atoms with Crippen molar-refractivity contribution in [3.63, 3.8) is 0 Å². The van der Waals surface area contributed by atoms with Crippen LogP contribution < -0.4 is 5.32 Å². The second-order valence-electron chi connectivity index (χ2n) is 6.26. The van der Waals surface area contributed by atoms with E-state index in [1.165, 1.54) is 12.1 Å². The van der Waals surface area contributed by atoms with Crippen molar-refractivity contribution < 1.29 is 9.18 Å². The summed E-state index contributed by atoms with van der Waals surface area (Å²) in [6, 6.07) is 13.7. The smallest absolute Gasteiger partial charge is 0.234 e. The lowest BCUT2D eigenvalue weighted by Crippen LogP contribution is -2.35. The van der Waals surface area contributed by atoms with Gasteiger partial charge in [0.25, 0.3) is 0 Å². The predicted octanol–water partition coefficient (Wildman–Crippen LogP) is 4.53. The van der Waals surface area contributed by atoms with Crippen LogP contribution in [0.4, 0.5) is 10.1 Å². The molecule has 0 bridgehead atoms. The number of fused-ring (bicyclic) bond motifs is 1. The molecule has 0 aliphatic carbocycles. The van der Waals surface area contributed by atoms with Gasteiger partial charge in [-0.25, -0.2) is 4.39 Å². The van der Waals surface area contributed by atoms with Gasteiger partial charge >= 0.3 is 0 Å². The number of carbonyl (C=O) groups is 1. The largest absolute Gasteiger partial charge is 0.358 e. The number of rotatable bonds is 3. The van der Waals surface area contributed by atoms with Crippen LogP contribution in [0.1, 0.15) is 25.1 Å². The number of hydrogen-bond acceptors (Lipinski definition) is 1. The first-order valence-electron chi connectivity index (χ1n) is 7.54. The van der Waals surface area contributed by atoms with Crippen molar-refractivity contribution in [3.05, 3.63) is 65.6 Å². The zero-order chi connectivity index (χ0) is 16.6. The maximum atomic E-state index is 13.0. The van der Waals surface area contributed by atoms with Gasteiger partial charge in [0, 0.05) is 22.3 Å². The monoisotopic (exact) mass is 310 g/mol. The fraction of sp³-hybridized carbons (Fsp3) is 0.211. The van der Waals surface area contributed by atoms with Crippen molar-refractivity contribution in [2.24, 2.45) is 0 Å². The second kappa shape index (κ2) is 5.54. The van der Waals surface area contributed by atoms with Crippen molar-refractivity contribution in [1.29, 1.82) is 0 Å². The van der Waals surface area contributed by atoms with Crippen molar-refractivity contribution in [2.45, 2.75) is 26.2 Å². The average molecular weight is 310 g/mol. The van der Waals surface area contributed by atoms with E-state index in [0.29, 0.717) is 5.69 Å². The summed E-state index contributed by atoms with van der Waals surface area (Å²) < 4.78 is 13.0. The van der Waals surface area contributed by atoms with E-state index < -0.39 is 5.41 Å². The summed E-state index contributed by atoms with van der Waals surface area (Å²) in [6.07, 6.45) is 0. The highest BCUT2D eigenvalue weighted by molar-refractivity contribution is 6.02. The molecule has 4 heteroatoms. The van der Waals surface area contributed by atoms with E-state index in [9.17, 15) is 9.18 Å². The molecule has 0 unspecified atom stereocenters. The lowest BCUT2D eigenvalue weighted by Gasteiger charge is -2.24. The molecule has 3 nitrogen and oxygen atoms in total. The van der Waals surface area contributed by atoms with Crippen LogP contribution in [0.3, 0.4) is 0 Å². The number of H-pyrrole nitrogens is 1. The molecule has 2 N–H and O–H groups in total. The minimum Gasteiger partial charge on any atom is -0.358 e. The summed E-state index contributed by atoms with van der Waals surface area (Å²) in [6.45, 7) is 5.77. The number of halogens is 1. The van der Waals surface area contributed by atoms with E-state index in [0.717, 1.165) is 22.2 Å². The van der Waals surface area contributed by atoms with Gasteiger partial charge in [0.15, 0.2) is 0 Å². The molecule has 0 aliphatic rings. The van der Waals surface area contributed by atoms with Gasteiger partial charge in [-0.1, -0.05) is 18.2 Å². The molecule has 0 saturated heterocycles. The normalized spacial score (nSPS) is 11.7. The van der Waals surface area contributed by atoms with Crippen molar-refractivity contribution >= 4 is 22.5 Å². The van der Waals surface area contributed by atoms with E-state index in [1.54, 1.807) is 12.1 Å².